The molecule has 0 bridgehead atoms. The largest absolute Gasteiger partial charge is 0.489 e. The molecule has 1 fully saturated rings. The van der Waals surface area contributed by atoms with Crippen LogP contribution in [0.5, 0.6) is 11.5 Å². The number of rotatable bonds is 8. The molecule has 4 heteroatoms. The smallest absolute Gasteiger partial charge is 0.123 e. The molecule has 1 unspecified atom stereocenters. The van der Waals surface area contributed by atoms with E-state index in [4.69, 9.17) is 9.47 Å². The Bertz CT molecular complexity index is 853. The Morgan fingerprint density at radius 3 is 1.90 bits per heavy atom. The Labute approximate surface area is 179 Å². The number of ether oxygens (including phenoxy) is 2. The molecular weight excluding hydrogens is 372 g/mol. The zero-order valence-corrected chi connectivity index (χ0v) is 17.6. The number of piperazine rings is 1. The second-order valence-corrected chi connectivity index (χ2v) is 7.88. The minimum atomic E-state index is 0.515. The van der Waals surface area contributed by atoms with Crippen LogP contribution in [0.4, 0.5) is 0 Å². The van der Waals surface area contributed by atoms with Crippen molar-refractivity contribution in [1.29, 1.82) is 0 Å². The highest BCUT2D eigenvalue weighted by Crippen LogP contribution is 2.26. The Balaban J connectivity index is 1.49. The highest BCUT2D eigenvalue weighted by atomic mass is 16.5. The molecule has 1 aliphatic heterocycles. The van der Waals surface area contributed by atoms with Crippen LogP contribution in [0.25, 0.3) is 0 Å². The van der Waals surface area contributed by atoms with E-state index in [2.05, 4.69) is 53.5 Å². The first-order valence-corrected chi connectivity index (χ1v) is 10.7. The number of nitrogens with zero attached hydrogens (tertiary/aromatic N) is 1. The molecular formula is C26H30N2O2. The van der Waals surface area contributed by atoms with Gasteiger partial charge in [0.25, 0.3) is 0 Å². The van der Waals surface area contributed by atoms with Crippen molar-refractivity contribution in [1.82, 2.24) is 10.2 Å². The second kappa shape index (κ2) is 10.3. The van der Waals surface area contributed by atoms with Gasteiger partial charge in [-0.15, -0.1) is 0 Å². The summed E-state index contributed by atoms with van der Waals surface area (Å²) in [5, 5.41) is 3.46. The van der Waals surface area contributed by atoms with Gasteiger partial charge in [0.15, 0.2) is 0 Å². The fourth-order valence-electron chi connectivity index (χ4n) is 3.72. The van der Waals surface area contributed by atoms with Crippen molar-refractivity contribution >= 4 is 0 Å². The van der Waals surface area contributed by atoms with Gasteiger partial charge >= 0.3 is 0 Å². The minimum absolute atomic E-state index is 0.515. The van der Waals surface area contributed by atoms with Crippen molar-refractivity contribution in [2.75, 3.05) is 19.6 Å². The van der Waals surface area contributed by atoms with Crippen molar-refractivity contribution in [2.24, 2.45) is 0 Å². The summed E-state index contributed by atoms with van der Waals surface area (Å²) < 4.78 is 12.3. The molecule has 4 rings (SSSR count). The summed E-state index contributed by atoms with van der Waals surface area (Å²) in [6.45, 7) is 7.38. The van der Waals surface area contributed by atoms with Gasteiger partial charge in [0.2, 0.25) is 0 Å². The maximum atomic E-state index is 6.13. The fourth-order valence-corrected chi connectivity index (χ4v) is 3.72. The average molecular weight is 403 g/mol. The van der Waals surface area contributed by atoms with Crippen LogP contribution in [0.3, 0.4) is 0 Å². The van der Waals surface area contributed by atoms with E-state index in [0.717, 1.165) is 48.8 Å². The van der Waals surface area contributed by atoms with Crippen molar-refractivity contribution in [3.63, 3.8) is 0 Å². The third-order valence-electron chi connectivity index (χ3n) is 5.46. The van der Waals surface area contributed by atoms with Crippen LogP contribution in [0, 0.1) is 0 Å². The van der Waals surface area contributed by atoms with Gasteiger partial charge in [-0.25, -0.2) is 0 Å². The summed E-state index contributed by atoms with van der Waals surface area (Å²) in [6.07, 6.45) is 0. The highest BCUT2D eigenvalue weighted by molar-refractivity contribution is 5.39. The normalized spacial score (nSPS) is 16.9. The quantitative estimate of drug-likeness (QED) is 0.595. The predicted octanol–water partition coefficient (Wildman–Crippen LogP) is 4.64. The Morgan fingerprint density at radius 1 is 0.800 bits per heavy atom. The molecule has 0 radical (unpaired) electrons. The Kier molecular flexibility index (Phi) is 7.01. The Morgan fingerprint density at radius 2 is 1.37 bits per heavy atom. The molecule has 3 aromatic rings. The van der Waals surface area contributed by atoms with Gasteiger partial charge in [0.1, 0.15) is 24.7 Å². The molecule has 1 atom stereocenters. The van der Waals surface area contributed by atoms with Crippen LogP contribution in [0.1, 0.15) is 23.6 Å². The molecule has 0 saturated carbocycles. The standard InChI is InChI=1S/C26H30N2O2/c1-21-17-27-12-13-28(21)18-24-14-25(29-19-22-8-4-2-5-9-22)16-26(15-24)30-20-23-10-6-3-7-11-23/h2-11,14-16,21,27H,12-13,17-20H2,1H3. The first kappa shape index (κ1) is 20.5. The van der Waals surface area contributed by atoms with E-state index in [0.29, 0.717) is 19.3 Å². The predicted molar refractivity (Wildman–Crippen MR) is 121 cm³/mol. The number of hydrogen-bond acceptors (Lipinski definition) is 4. The second-order valence-electron chi connectivity index (χ2n) is 7.88. The third kappa shape index (κ3) is 5.85. The van der Waals surface area contributed by atoms with Gasteiger partial charge < -0.3 is 14.8 Å². The lowest BCUT2D eigenvalue weighted by Gasteiger charge is -2.34. The van der Waals surface area contributed by atoms with E-state index < -0.39 is 0 Å². The van der Waals surface area contributed by atoms with Crippen LogP contribution in [0.2, 0.25) is 0 Å². The summed E-state index contributed by atoms with van der Waals surface area (Å²) >= 11 is 0. The highest BCUT2D eigenvalue weighted by Gasteiger charge is 2.18. The molecule has 1 aliphatic rings. The van der Waals surface area contributed by atoms with E-state index in [-0.39, 0.29) is 0 Å². The van der Waals surface area contributed by atoms with E-state index in [1.165, 1.54) is 5.56 Å². The lowest BCUT2D eigenvalue weighted by molar-refractivity contribution is 0.165. The monoisotopic (exact) mass is 402 g/mol. The molecule has 1 saturated heterocycles. The van der Waals surface area contributed by atoms with Gasteiger partial charge in [-0.2, -0.15) is 0 Å². The summed E-state index contributed by atoms with van der Waals surface area (Å²) in [5.74, 6) is 1.70. The van der Waals surface area contributed by atoms with Crippen molar-refractivity contribution in [3.05, 3.63) is 95.6 Å². The summed E-state index contributed by atoms with van der Waals surface area (Å²) in [4.78, 5) is 2.51. The average Bonchev–Trinajstić information content (AvgIpc) is 2.79. The van der Waals surface area contributed by atoms with Gasteiger partial charge in [-0.3, -0.25) is 4.90 Å². The van der Waals surface area contributed by atoms with Crippen molar-refractivity contribution in [3.8, 4) is 11.5 Å². The van der Waals surface area contributed by atoms with E-state index in [1.807, 2.05) is 42.5 Å². The van der Waals surface area contributed by atoms with Crippen LogP contribution < -0.4 is 14.8 Å². The fraction of sp³-hybridized carbons (Fsp3) is 0.308. The first-order valence-electron chi connectivity index (χ1n) is 10.7. The van der Waals surface area contributed by atoms with E-state index in [9.17, 15) is 0 Å². The maximum Gasteiger partial charge on any atom is 0.123 e. The van der Waals surface area contributed by atoms with Crippen LogP contribution in [-0.2, 0) is 19.8 Å². The molecule has 4 nitrogen and oxygen atoms in total. The summed E-state index contributed by atoms with van der Waals surface area (Å²) in [5.41, 5.74) is 3.54. The van der Waals surface area contributed by atoms with Gasteiger partial charge in [-0.05, 0) is 35.7 Å². The molecule has 3 aromatic carbocycles. The topological polar surface area (TPSA) is 33.7 Å². The molecule has 1 heterocycles. The number of hydrogen-bond donors (Lipinski definition) is 1. The molecule has 1 N–H and O–H groups in total. The summed E-state index contributed by atoms with van der Waals surface area (Å²) in [7, 11) is 0. The zero-order valence-electron chi connectivity index (χ0n) is 17.6. The first-order chi connectivity index (χ1) is 14.8. The van der Waals surface area contributed by atoms with Crippen LogP contribution in [-0.4, -0.2) is 30.6 Å². The van der Waals surface area contributed by atoms with E-state index >= 15 is 0 Å². The van der Waals surface area contributed by atoms with Gasteiger partial charge in [0, 0.05) is 38.3 Å². The minimum Gasteiger partial charge on any atom is -0.489 e. The molecule has 30 heavy (non-hydrogen) atoms. The zero-order chi connectivity index (χ0) is 20.6. The van der Waals surface area contributed by atoms with Crippen molar-refractivity contribution < 1.29 is 9.47 Å². The molecule has 156 valence electrons. The molecule has 0 amide bonds. The lowest BCUT2D eigenvalue weighted by atomic mass is 10.1. The van der Waals surface area contributed by atoms with Crippen LogP contribution >= 0.6 is 0 Å². The van der Waals surface area contributed by atoms with Gasteiger partial charge in [0.05, 0.1) is 0 Å². The summed E-state index contributed by atoms with van der Waals surface area (Å²) in [6, 6.07) is 27.3. The van der Waals surface area contributed by atoms with Gasteiger partial charge in [-0.1, -0.05) is 60.7 Å². The van der Waals surface area contributed by atoms with E-state index in [1.54, 1.807) is 0 Å². The lowest BCUT2D eigenvalue weighted by Crippen LogP contribution is -2.49. The number of benzene rings is 3. The Hall–Kier alpha value is -2.82. The third-order valence-corrected chi connectivity index (χ3v) is 5.46. The van der Waals surface area contributed by atoms with Crippen molar-refractivity contribution in [2.45, 2.75) is 32.7 Å². The number of nitrogens with one attached hydrogen (secondary N) is 1. The molecule has 0 spiro atoms. The molecule has 0 aromatic heterocycles. The van der Waals surface area contributed by atoms with Crippen LogP contribution in [0.15, 0.2) is 78.9 Å². The molecule has 0 aliphatic carbocycles. The SMILES string of the molecule is CC1CNCCN1Cc1cc(OCc2ccccc2)cc(OCc2ccccc2)c1. The maximum absolute atomic E-state index is 6.13.